The lowest BCUT2D eigenvalue weighted by atomic mass is 10.1. The van der Waals surface area contributed by atoms with E-state index in [-0.39, 0.29) is 11.6 Å². The second-order valence-corrected chi connectivity index (χ2v) is 2.66. The number of rotatable bonds is 1. The van der Waals surface area contributed by atoms with Gasteiger partial charge in [-0.2, -0.15) is 4.39 Å². The Hall–Kier alpha value is -0.990. The third kappa shape index (κ3) is 1.73. The van der Waals surface area contributed by atoms with Gasteiger partial charge in [0.1, 0.15) is 5.82 Å². The van der Waals surface area contributed by atoms with Crippen molar-refractivity contribution in [2.75, 3.05) is 0 Å². The van der Waals surface area contributed by atoms with Gasteiger partial charge >= 0.3 is 0 Å². The summed E-state index contributed by atoms with van der Waals surface area (Å²) >= 11 is 0. The van der Waals surface area contributed by atoms with Crippen LogP contribution in [-0.2, 0) is 0 Å². The van der Waals surface area contributed by atoms with Crippen molar-refractivity contribution < 1.29 is 8.78 Å². The number of hydrogen-bond acceptors (Lipinski definition) is 1. The van der Waals surface area contributed by atoms with Crippen molar-refractivity contribution in [1.82, 2.24) is 4.98 Å². The molecule has 1 heterocycles. The molecule has 11 heavy (non-hydrogen) atoms. The zero-order chi connectivity index (χ0) is 8.43. The smallest absolute Gasteiger partial charge is 0.213 e. The molecular weight excluding hydrogens is 148 g/mol. The van der Waals surface area contributed by atoms with Gasteiger partial charge in [0.2, 0.25) is 5.95 Å². The molecule has 0 aliphatic heterocycles. The Labute approximate surface area is 64.1 Å². The molecular formula is C8H9F2N. The lowest BCUT2D eigenvalue weighted by molar-refractivity contribution is 0.531. The highest BCUT2D eigenvalue weighted by Crippen LogP contribution is 2.15. The van der Waals surface area contributed by atoms with Crippen molar-refractivity contribution in [3.8, 4) is 0 Å². The Morgan fingerprint density at radius 2 is 1.91 bits per heavy atom. The van der Waals surface area contributed by atoms with Crippen molar-refractivity contribution in [3.05, 3.63) is 29.6 Å². The largest absolute Gasteiger partial charge is 0.221 e. The Balaban J connectivity index is 3.13. The normalized spacial score (nSPS) is 10.6. The van der Waals surface area contributed by atoms with Crippen LogP contribution in [0.5, 0.6) is 0 Å². The zero-order valence-electron chi connectivity index (χ0n) is 6.44. The minimum absolute atomic E-state index is 0.0781. The molecule has 1 aromatic heterocycles. The molecule has 0 fully saturated rings. The maximum Gasteiger partial charge on any atom is 0.213 e. The third-order valence-electron chi connectivity index (χ3n) is 1.39. The molecule has 0 N–H and O–H groups in total. The molecule has 1 nitrogen and oxygen atoms in total. The summed E-state index contributed by atoms with van der Waals surface area (Å²) in [5, 5.41) is 0. The Morgan fingerprint density at radius 1 is 1.27 bits per heavy atom. The molecule has 3 heteroatoms. The predicted octanol–water partition coefficient (Wildman–Crippen LogP) is 2.48. The molecule has 0 saturated carbocycles. The van der Waals surface area contributed by atoms with Crippen molar-refractivity contribution in [3.63, 3.8) is 0 Å². The number of halogens is 2. The molecule has 0 aliphatic carbocycles. The van der Waals surface area contributed by atoms with Crippen LogP contribution >= 0.6 is 0 Å². The van der Waals surface area contributed by atoms with Gasteiger partial charge in [0.05, 0.1) is 5.69 Å². The maximum atomic E-state index is 12.8. The Morgan fingerprint density at radius 3 is 2.36 bits per heavy atom. The Bertz CT molecular complexity index is 258. The van der Waals surface area contributed by atoms with Gasteiger partial charge in [-0.1, -0.05) is 13.8 Å². The minimum atomic E-state index is -0.630. The summed E-state index contributed by atoms with van der Waals surface area (Å²) in [5.41, 5.74) is 0.185. The lowest BCUT2D eigenvalue weighted by Crippen LogP contribution is -1.98. The van der Waals surface area contributed by atoms with Crippen LogP contribution in [0.4, 0.5) is 8.78 Å². The van der Waals surface area contributed by atoms with Gasteiger partial charge in [0.15, 0.2) is 0 Å². The molecule has 0 spiro atoms. The van der Waals surface area contributed by atoms with E-state index in [1.165, 1.54) is 0 Å². The first-order chi connectivity index (χ1) is 5.11. The molecule has 1 rings (SSSR count). The van der Waals surface area contributed by atoms with Crippen LogP contribution in [0.25, 0.3) is 0 Å². The highest BCUT2D eigenvalue weighted by Gasteiger charge is 2.08. The summed E-state index contributed by atoms with van der Waals surface area (Å²) in [4.78, 5) is 3.43. The van der Waals surface area contributed by atoms with E-state index in [9.17, 15) is 8.78 Å². The van der Waals surface area contributed by atoms with E-state index in [1.54, 1.807) is 13.8 Å². The van der Waals surface area contributed by atoms with Gasteiger partial charge in [-0.15, -0.1) is 0 Å². The second-order valence-electron chi connectivity index (χ2n) is 2.66. The van der Waals surface area contributed by atoms with Crippen molar-refractivity contribution in [2.24, 2.45) is 0 Å². The van der Waals surface area contributed by atoms with E-state index >= 15 is 0 Å². The summed E-state index contributed by atoms with van der Waals surface area (Å²) in [7, 11) is 0. The van der Waals surface area contributed by atoms with Crippen LogP contribution in [-0.4, -0.2) is 4.98 Å². The summed E-state index contributed by atoms with van der Waals surface area (Å²) in [6.45, 7) is 3.54. The standard InChI is InChI=1S/C8H9F2N/c1-5(2)8-6(9)3-4-7(10)11-8/h3-5H,1-2H3. The van der Waals surface area contributed by atoms with Crippen molar-refractivity contribution in [1.29, 1.82) is 0 Å². The third-order valence-corrected chi connectivity index (χ3v) is 1.39. The molecule has 0 aromatic carbocycles. The van der Waals surface area contributed by atoms with E-state index in [0.29, 0.717) is 0 Å². The quantitative estimate of drug-likeness (QED) is 0.570. The van der Waals surface area contributed by atoms with Crippen LogP contribution in [0.2, 0.25) is 0 Å². The first kappa shape index (κ1) is 8.11. The minimum Gasteiger partial charge on any atom is -0.221 e. The predicted molar refractivity (Wildman–Crippen MR) is 38.2 cm³/mol. The van der Waals surface area contributed by atoms with Crippen LogP contribution < -0.4 is 0 Å². The summed E-state index contributed by atoms with van der Waals surface area (Å²) in [5.74, 6) is -1.15. The van der Waals surface area contributed by atoms with Gasteiger partial charge in [-0.3, -0.25) is 0 Å². The molecule has 0 amide bonds. The molecule has 0 unspecified atom stereocenters. The fraction of sp³-hybridized carbons (Fsp3) is 0.375. The number of nitrogens with zero attached hydrogens (tertiary/aromatic N) is 1. The van der Waals surface area contributed by atoms with Crippen LogP contribution in [0.1, 0.15) is 25.5 Å². The van der Waals surface area contributed by atoms with E-state index in [0.717, 1.165) is 12.1 Å². The number of hydrogen-bond donors (Lipinski definition) is 0. The summed E-state index contributed by atoms with van der Waals surface area (Å²) in [6.07, 6.45) is 0. The van der Waals surface area contributed by atoms with E-state index in [4.69, 9.17) is 0 Å². The van der Waals surface area contributed by atoms with Gasteiger partial charge < -0.3 is 0 Å². The average Bonchev–Trinajstić information content (AvgIpc) is 1.94. The fourth-order valence-corrected chi connectivity index (χ4v) is 0.838. The average molecular weight is 157 g/mol. The van der Waals surface area contributed by atoms with E-state index < -0.39 is 11.8 Å². The topological polar surface area (TPSA) is 12.9 Å². The number of pyridine rings is 1. The monoisotopic (exact) mass is 157 g/mol. The first-order valence-electron chi connectivity index (χ1n) is 3.43. The van der Waals surface area contributed by atoms with Crippen LogP contribution in [0.3, 0.4) is 0 Å². The van der Waals surface area contributed by atoms with Gasteiger partial charge in [0.25, 0.3) is 0 Å². The molecule has 60 valence electrons. The number of aromatic nitrogens is 1. The summed E-state index contributed by atoms with van der Waals surface area (Å²) < 4.78 is 25.2. The molecule has 0 atom stereocenters. The lowest BCUT2D eigenvalue weighted by Gasteiger charge is -2.04. The van der Waals surface area contributed by atoms with Crippen molar-refractivity contribution in [2.45, 2.75) is 19.8 Å². The maximum absolute atomic E-state index is 12.8. The van der Waals surface area contributed by atoms with E-state index in [1.807, 2.05) is 0 Å². The highest BCUT2D eigenvalue weighted by atomic mass is 19.1. The highest BCUT2D eigenvalue weighted by molar-refractivity contribution is 5.11. The Kier molecular flexibility index (Phi) is 2.17. The van der Waals surface area contributed by atoms with E-state index in [2.05, 4.69) is 4.98 Å². The second kappa shape index (κ2) is 2.95. The fourth-order valence-electron chi connectivity index (χ4n) is 0.838. The molecule has 1 aromatic rings. The van der Waals surface area contributed by atoms with Gasteiger partial charge in [0, 0.05) is 0 Å². The van der Waals surface area contributed by atoms with Gasteiger partial charge in [-0.05, 0) is 18.1 Å². The zero-order valence-corrected chi connectivity index (χ0v) is 6.44. The molecule has 0 aliphatic rings. The first-order valence-corrected chi connectivity index (χ1v) is 3.43. The SMILES string of the molecule is CC(C)c1nc(F)ccc1F. The molecule has 0 radical (unpaired) electrons. The molecule has 0 bridgehead atoms. The van der Waals surface area contributed by atoms with Crippen molar-refractivity contribution >= 4 is 0 Å². The summed E-state index contributed by atoms with van der Waals surface area (Å²) in [6, 6.07) is 2.11. The van der Waals surface area contributed by atoms with Crippen LogP contribution in [0.15, 0.2) is 12.1 Å². The van der Waals surface area contributed by atoms with Crippen LogP contribution in [0, 0.1) is 11.8 Å². The van der Waals surface area contributed by atoms with Gasteiger partial charge in [-0.25, -0.2) is 9.37 Å². The molecule has 0 saturated heterocycles.